The number of nitrogens with two attached hydrogens (primary N) is 1. The van der Waals surface area contributed by atoms with Crippen molar-refractivity contribution >= 4 is 5.69 Å². The molecule has 0 saturated heterocycles. The van der Waals surface area contributed by atoms with Gasteiger partial charge in [0.15, 0.2) is 5.82 Å². The van der Waals surface area contributed by atoms with Gasteiger partial charge in [0.25, 0.3) is 5.89 Å². The van der Waals surface area contributed by atoms with Gasteiger partial charge >= 0.3 is 0 Å². The zero-order valence-corrected chi connectivity index (χ0v) is 10.9. The lowest BCUT2D eigenvalue weighted by Gasteiger charge is -1.98. The van der Waals surface area contributed by atoms with Crippen molar-refractivity contribution in [3.05, 3.63) is 65.5 Å². The quantitative estimate of drug-likeness (QED) is 0.751. The minimum atomic E-state index is -0.632. The number of nitrogens with zero attached hydrogens (tertiary/aromatic N) is 2. The van der Waals surface area contributed by atoms with Crippen LogP contribution in [0.3, 0.4) is 0 Å². The van der Waals surface area contributed by atoms with Gasteiger partial charge in [-0.2, -0.15) is 4.98 Å². The van der Waals surface area contributed by atoms with E-state index >= 15 is 0 Å². The second-order valence-electron chi connectivity index (χ2n) is 4.59. The number of halogens is 2. The highest BCUT2D eigenvalue weighted by Crippen LogP contribution is 2.19. The van der Waals surface area contributed by atoms with Crippen molar-refractivity contribution < 1.29 is 13.3 Å². The first-order valence-electron chi connectivity index (χ1n) is 6.23. The van der Waals surface area contributed by atoms with E-state index in [1.165, 1.54) is 12.1 Å². The van der Waals surface area contributed by atoms with Crippen LogP contribution in [0.1, 0.15) is 11.4 Å². The number of benzene rings is 2. The van der Waals surface area contributed by atoms with E-state index in [0.717, 1.165) is 11.6 Å². The van der Waals surface area contributed by atoms with E-state index in [9.17, 15) is 8.78 Å². The molecule has 0 aliphatic rings. The van der Waals surface area contributed by atoms with Crippen LogP contribution in [0.4, 0.5) is 14.5 Å². The number of aromatic nitrogens is 2. The Balaban J connectivity index is 1.83. The van der Waals surface area contributed by atoms with Gasteiger partial charge in [0.2, 0.25) is 0 Å². The van der Waals surface area contributed by atoms with Crippen molar-refractivity contribution in [2.45, 2.75) is 6.42 Å². The van der Waals surface area contributed by atoms with E-state index in [4.69, 9.17) is 10.3 Å². The first-order valence-corrected chi connectivity index (χ1v) is 6.23. The summed E-state index contributed by atoms with van der Waals surface area (Å²) in [4.78, 5) is 4.20. The Bertz CT molecular complexity index is 749. The van der Waals surface area contributed by atoms with E-state index in [1.54, 1.807) is 24.3 Å². The zero-order valence-electron chi connectivity index (χ0n) is 10.9. The fourth-order valence-electron chi connectivity index (χ4n) is 1.96. The molecule has 0 fully saturated rings. The number of rotatable bonds is 3. The fourth-order valence-corrected chi connectivity index (χ4v) is 1.96. The van der Waals surface area contributed by atoms with Crippen LogP contribution in [-0.2, 0) is 6.42 Å². The fraction of sp³-hybridized carbons (Fsp3) is 0.0667. The average molecular weight is 287 g/mol. The first-order chi connectivity index (χ1) is 10.1. The summed E-state index contributed by atoms with van der Waals surface area (Å²) in [6.07, 6.45) is 0.188. The lowest BCUT2D eigenvalue weighted by atomic mass is 10.1. The van der Waals surface area contributed by atoms with Gasteiger partial charge in [-0.05, 0) is 42.0 Å². The second kappa shape index (κ2) is 5.32. The summed E-state index contributed by atoms with van der Waals surface area (Å²) >= 11 is 0. The van der Waals surface area contributed by atoms with Gasteiger partial charge in [-0.1, -0.05) is 5.16 Å². The Morgan fingerprint density at radius 1 is 1.00 bits per heavy atom. The summed E-state index contributed by atoms with van der Waals surface area (Å²) in [5, 5.41) is 3.81. The zero-order chi connectivity index (χ0) is 14.8. The Labute approximate surface area is 119 Å². The van der Waals surface area contributed by atoms with Crippen molar-refractivity contribution in [1.82, 2.24) is 10.1 Å². The molecule has 0 amide bonds. The summed E-state index contributed by atoms with van der Waals surface area (Å²) in [6.45, 7) is 0. The van der Waals surface area contributed by atoms with E-state index < -0.39 is 11.6 Å². The van der Waals surface area contributed by atoms with Gasteiger partial charge in [0.05, 0.1) is 0 Å². The van der Waals surface area contributed by atoms with Crippen molar-refractivity contribution in [3.8, 4) is 11.5 Å². The third-order valence-corrected chi connectivity index (χ3v) is 2.91. The predicted octanol–water partition coefficient (Wildman–Crippen LogP) is 3.19. The lowest BCUT2D eigenvalue weighted by Crippen LogP contribution is -1.93. The molecule has 0 aliphatic carbocycles. The van der Waals surface area contributed by atoms with Crippen LogP contribution < -0.4 is 5.73 Å². The molecular formula is C15H11F2N3O. The van der Waals surface area contributed by atoms with Gasteiger partial charge in [0.1, 0.15) is 11.6 Å². The molecule has 0 saturated carbocycles. The Kier molecular flexibility index (Phi) is 3.35. The predicted molar refractivity (Wildman–Crippen MR) is 73.3 cm³/mol. The molecule has 0 bridgehead atoms. The molecule has 6 heteroatoms. The molecular weight excluding hydrogens is 276 g/mol. The van der Waals surface area contributed by atoms with Crippen LogP contribution >= 0.6 is 0 Å². The average Bonchev–Trinajstić information content (AvgIpc) is 2.87. The van der Waals surface area contributed by atoms with Crippen LogP contribution in [0.15, 0.2) is 47.0 Å². The minimum absolute atomic E-state index is 0.188. The van der Waals surface area contributed by atoms with Crippen LogP contribution in [0.5, 0.6) is 0 Å². The van der Waals surface area contributed by atoms with Gasteiger partial charge in [-0.25, -0.2) is 8.78 Å². The molecule has 106 valence electrons. The molecule has 2 aromatic carbocycles. The summed E-state index contributed by atoms with van der Waals surface area (Å²) in [5.41, 5.74) is 7.41. The number of anilines is 1. The van der Waals surface area contributed by atoms with Crippen molar-refractivity contribution in [3.63, 3.8) is 0 Å². The molecule has 21 heavy (non-hydrogen) atoms. The van der Waals surface area contributed by atoms with Gasteiger partial charge in [-0.15, -0.1) is 0 Å². The highest BCUT2D eigenvalue weighted by Gasteiger charge is 2.10. The summed E-state index contributed by atoms with van der Waals surface area (Å²) in [5.74, 6) is -0.576. The smallest absolute Gasteiger partial charge is 0.257 e. The van der Waals surface area contributed by atoms with Crippen LogP contribution in [0.25, 0.3) is 11.5 Å². The number of nitrogen functional groups attached to an aromatic ring is 1. The third-order valence-electron chi connectivity index (χ3n) is 2.91. The van der Waals surface area contributed by atoms with Gasteiger partial charge in [-0.3, -0.25) is 0 Å². The summed E-state index contributed by atoms with van der Waals surface area (Å²) < 4.78 is 31.4. The summed E-state index contributed by atoms with van der Waals surface area (Å²) in [6, 6.07) is 10.3. The monoisotopic (exact) mass is 287 g/mol. The Morgan fingerprint density at radius 2 is 1.67 bits per heavy atom. The Hall–Kier alpha value is -2.76. The molecule has 1 aromatic heterocycles. The maximum atomic E-state index is 13.1. The first kappa shape index (κ1) is 13.2. The third kappa shape index (κ3) is 3.05. The van der Waals surface area contributed by atoms with E-state index in [1.807, 2.05) is 0 Å². The lowest BCUT2D eigenvalue weighted by molar-refractivity contribution is 0.424. The highest BCUT2D eigenvalue weighted by atomic mass is 19.1. The molecule has 1 heterocycles. The maximum Gasteiger partial charge on any atom is 0.257 e. The molecule has 3 rings (SSSR count). The second-order valence-corrected chi connectivity index (χ2v) is 4.59. The van der Waals surface area contributed by atoms with Gasteiger partial charge < -0.3 is 10.3 Å². The molecule has 2 N–H and O–H groups in total. The molecule has 3 aromatic rings. The normalized spacial score (nSPS) is 10.8. The maximum absolute atomic E-state index is 13.1. The van der Waals surface area contributed by atoms with Gasteiger partial charge in [0, 0.05) is 23.7 Å². The number of hydrogen-bond donors (Lipinski definition) is 1. The minimum Gasteiger partial charge on any atom is -0.399 e. The van der Waals surface area contributed by atoms with E-state index in [2.05, 4.69) is 10.1 Å². The van der Waals surface area contributed by atoms with Crippen LogP contribution in [0.2, 0.25) is 0 Å². The Morgan fingerprint density at radius 3 is 2.33 bits per heavy atom. The van der Waals surface area contributed by atoms with Crippen LogP contribution in [0, 0.1) is 11.6 Å². The molecule has 0 aliphatic heterocycles. The molecule has 0 radical (unpaired) electrons. The highest BCUT2D eigenvalue weighted by molar-refractivity contribution is 5.56. The SMILES string of the molecule is Nc1ccc(-c2nc(Cc3cc(F)cc(F)c3)no2)cc1. The molecule has 0 unspecified atom stereocenters. The summed E-state index contributed by atoms with van der Waals surface area (Å²) in [7, 11) is 0. The molecule has 4 nitrogen and oxygen atoms in total. The van der Waals surface area contributed by atoms with Crippen molar-refractivity contribution in [2.24, 2.45) is 0 Å². The van der Waals surface area contributed by atoms with E-state index in [0.29, 0.717) is 23.0 Å². The molecule has 0 atom stereocenters. The topological polar surface area (TPSA) is 64.9 Å². The van der Waals surface area contributed by atoms with Crippen molar-refractivity contribution in [1.29, 1.82) is 0 Å². The largest absolute Gasteiger partial charge is 0.399 e. The van der Waals surface area contributed by atoms with Crippen LogP contribution in [-0.4, -0.2) is 10.1 Å². The van der Waals surface area contributed by atoms with E-state index in [-0.39, 0.29) is 6.42 Å². The standard InChI is InChI=1S/C15H11F2N3O/c16-11-5-9(6-12(17)8-11)7-14-19-15(21-20-14)10-1-3-13(18)4-2-10/h1-6,8H,7,18H2. The molecule has 0 spiro atoms. The van der Waals surface area contributed by atoms with Crippen molar-refractivity contribution in [2.75, 3.05) is 5.73 Å². The number of hydrogen-bond acceptors (Lipinski definition) is 4.